The predicted molar refractivity (Wildman–Crippen MR) is 68.9 cm³/mol. The molecule has 10 heteroatoms. The Morgan fingerprint density at radius 1 is 1.40 bits per heavy atom. The summed E-state index contributed by atoms with van der Waals surface area (Å²) < 4.78 is 25.8. The van der Waals surface area contributed by atoms with Gasteiger partial charge >= 0.3 is 11.7 Å². The molecular weight excluding hydrogens is 290 g/mol. The molecular formula is C10H15N3O6S. The van der Waals surface area contributed by atoms with Gasteiger partial charge in [-0.1, -0.05) is 13.8 Å². The minimum atomic E-state index is -4.34. The van der Waals surface area contributed by atoms with Crippen LogP contribution in [0.3, 0.4) is 0 Å². The van der Waals surface area contributed by atoms with Gasteiger partial charge in [0.05, 0.1) is 0 Å². The van der Waals surface area contributed by atoms with Crippen molar-refractivity contribution in [1.82, 2.24) is 14.7 Å². The van der Waals surface area contributed by atoms with Crippen molar-refractivity contribution >= 4 is 16.0 Å². The van der Waals surface area contributed by atoms with E-state index < -0.39 is 38.2 Å². The molecule has 0 amide bonds. The van der Waals surface area contributed by atoms with Gasteiger partial charge in [0, 0.05) is 6.20 Å². The number of sulfonamides is 1. The van der Waals surface area contributed by atoms with Crippen LogP contribution in [-0.4, -0.2) is 35.5 Å². The summed E-state index contributed by atoms with van der Waals surface area (Å²) in [5.74, 6) is -1.41. The standard InChI is InChI=1S/C10H15N3O6S/c1-5(2)3-6(9(15)16)13-20(18,19)7-4-11-10(17)12-8(7)14/h4-6,13H,3H2,1-2H3,(H,15,16)(H2,11,12,14,17). The molecule has 0 saturated heterocycles. The Morgan fingerprint density at radius 3 is 2.45 bits per heavy atom. The molecule has 1 atom stereocenters. The first kappa shape index (κ1) is 16.1. The Hall–Kier alpha value is -1.94. The van der Waals surface area contributed by atoms with Gasteiger partial charge in [-0.3, -0.25) is 14.6 Å². The molecule has 4 N–H and O–H groups in total. The zero-order chi connectivity index (χ0) is 15.5. The lowest BCUT2D eigenvalue weighted by molar-refractivity contribution is -0.139. The predicted octanol–water partition coefficient (Wildman–Crippen LogP) is -1.16. The van der Waals surface area contributed by atoms with E-state index >= 15 is 0 Å². The van der Waals surface area contributed by atoms with Gasteiger partial charge in [0.15, 0.2) is 4.90 Å². The van der Waals surface area contributed by atoms with E-state index in [4.69, 9.17) is 5.11 Å². The first-order valence-electron chi connectivity index (χ1n) is 5.70. The second-order valence-electron chi connectivity index (χ2n) is 4.58. The molecule has 1 heterocycles. The lowest BCUT2D eigenvalue weighted by atomic mass is 10.1. The fourth-order valence-electron chi connectivity index (χ4n) is 1.52. The first-order chi connectivity index (χ1) is 9.13. The Balaban J connectivity index is 3.13. The van der Waals surface area contributed by atoms with E-state index in [1.807, 2.05) is 9.71 Å². The van der Waals surface area contributed by atoms with Crippen molar-refractivity contribution in [2.24, 2.45) is 5.92 Å². The maximum absolute atomic E-state index is 11.9. The quantitative estimate of drug-likeness (QED) is 0.521. The molecule has 1 aromatic rings. The highest BCUT2D eigenvalue weighted by Gasteiger charge is 2.28. The van der Waals surface area contributed by atoms with Gasteiger partial charge in [-0.05, 0) is 12.3 Å². The van der Waals surface area contributed by atoms with Gasteiger partial charge in [0.1, 0.15) is 6.04 Å². The third-order valence-corrected chi connectivity index (χ3v) is 3.85. The summed E-state index contributed by atoms with van der Waals surface area (Å²) in [6, 6.07) is -1.36. The molecule has 1 unspecified atom stereocenters. The van der Waals surface area contributed by atoms with E-state index in [1.165, 1.54) is 0 Å². The number of carbonyl (C=O) groups is 1. The fraction of sp³-hybridized carbons (Fsp3) is 0.500. The third-order valence-electron chi connectivity index (χ3n) is 2.38. The number of carboxylic acids is 1. The number of H-pyrrole nitrogens is 2. The molecule has 0 radical (unpaired) electrons. The van der Waals surface area contributed by atoms with Gasteiger partial charge in [0.2, 0.25) is 10.0 Å². The van der Waals surface area contributed by atoms with Crippen LogP contribution in [0.1, 0.15) is 20.3 Å². The molecule has 1 rings (SSSR count). The van der Waals surface area contributed by atoms with Gasteiger partial charge in [-0.25, -0.2) is 13.2 Å². The number of nitrogens with one attached hydrogen (secondary N) is 3. The van der Waals surface area contributed by atoms with E-state index in [2.05, 4.69) is 0 Å². The van der Waals surface area contributed by atoms with E-state index in [0.717, 1.165) is 6.20 Å². The van der Waals surface area contributed by atoms with E-state index in [1.54, 1.807) is 18.8 Å². The summed E-state index contributed by atoms with van der Waals surface area (Å²) in [4.78, 5) is 36.3. The van der Waals surface area contributed by atoms with Gasteiger partial charge in [0.25, 0.3) is 5.56 Å². The monoisotopic (exact) mass is 305 g/mol. The summed E-state index contributed by atoms with van der Waals surface area (Å²) in [5, 5.41) is 8.98. The van der Waals surface area contributed by atoms with Gasteiger partial charge in [-0.15, -0.1) is 0 Å². The Morgan fingerprint density at radius 2 is 2.00 bits per heavy atom. The lowest BCUT2D eigenvalue weighted by Crippen LogP contribution is -2.43. The number of carboxylic acid groups (broad SMARTS) is 1. The van der Waals surface area contributed by atoms with E-state index in [-0.39, 0.29) is 12.3 Å². The normalized spacial score (nSPS) is 13.3. The van der Waals surface area contributed by atoms with Gasteiger partial charge < -0.3 is 10.1 Å². The second-order valence-corrected chi connectivity index (χ2v) is 6.26. The number of aromatic nitrogens is 2. The van der Waals surface area contributed by atoms with Crippen molar-refractivity contribution in [2.45, 2.75) is 31.2 Å². The Bertz CT molecular complexity index is 702. The molecule has 0 spiro atoms. The average Bonchev–Trinajstić information content (AvgIpc) is 2.26. The number of aromatic amines is 2. The minimum absolute atomic E-state index is 0.0623. The summed E-state index contributed by atoms with van der Waals surface area (Å²) >= 11 is 0. The van der Waals surface area contributed by atoms with Crippen LogP contribution >= 0.6 is 0 Å². The Kier molecular flexibility index (Phi) is 4.84. The SMILES string of the molecule is CC(C)CC(NS(=O)(=O)c1c[nH]c(=O)[nH]c1=O)C(=O)O. The van der Waals surface area contributed by atoms with Crippen LogP contribution in [0.2, 0.25) is 0 Å². The van der Waals surface area contributed by atoms with Crippen LogP contribution in [0, 0.1) is 5.92 Å². The van der Waals surface area contributed by atoms with Crippen LogP contribution in [0.4, 0.5) is 0 Å². The van der Waals surface area contributed by atoms with Crippen LogP contribution in [-0.2, 0) is 14.8 Å². The van der Waals surface area contributed by atoms with Crippen molar-refractivity contribution in [1.29, 1.82) is 0 Å². The maximum atomic E-state index is 11.9. The second kappa shape index (κ2) is 6.01. The molecule has 0 fully saturated rings. The number of hydrogen-bond acceptors (Lipinski definition) is 5. The Labute approximate surface area is 114 Å². The smallest absolute Gasteiger partial charge is 0.325 e. The van der Waals surface area contributed by atoms with Crippen LogP contribution in [0.5, 0.6) is 0 Å². The topological polar surface area (TPSA) is 149 Å². The summed E-state index contributed by atoms with van der Waals surface area (Å²) in [6.07, 6.45) is 0.785. The van der Waals surface area contributed by atoms with Crippen molar-refractivity contribution in [3.63, 3.8) is 0 Å². The van der Waals surface area contributed by atoms with Crippen LogP contribution < -0.4 is 16.0 Å². The minimum Gasteiger partial charge on any atom is -0.480 e. The van der Waals surface area contributed by atoms with Crippen LogP contribution in [0.15, 0.2) is 20.7 Å². The zero-order valence-electron chi connectivity index (χ0n) is 10.8. The molecule has 112 valence electrons. The largest absolute Gasteiger partial charge is 0.480 e. The number of aliphatic carboxylic acids is 1. The molecule has 0 aliphatic heterocycles. The summed E-state index contributed by atoms with van der Waals surface area (Å²) in [6.45, 7) is 3.47. The molecule has 20 heavy (non-hydrogen) atoms. The van der Waals surface area contributed by atoms with Crippen molar-refractivity contribution in [3.8, 4) is 0 Å². The molecule has 1 aromatic heterocycles. The molecule has 0 aromatic carbocycles. The number of hydrogen-bond donors (Lipinski definition) is 4. The highest BCUT2D eigenvalue weighted by Crippen LogP contribution is 2.08. The molecule has 0 saturated carbocycles. The molecule has 0 aliphatic carbocycles. The molecule has 0 aliphatic rings. The van der Waals surface area contributed by atoms with Gasteiger partial charge in [-0.2, -0.15) is 4.72 Å². The molecule has 0 bridgehead atoms. The van der Waals surface area contributed by atoms with E-state index in [9.17, 15) is 22.8 Å². The summed E-state index contributed by atoms with van der Waals surface area (Å²) in [7, 11) is -4.34. The van der Waals surface area contributed by atoms with E-state index in [0.29, 0.717) is 0 Å². The van der Waals surface area contributed by atoms with Crippen molar-refractivity contribution in [3.05, 3.63) is 27.0 Å². The maximum Gasteiger partial charge on any atom is 0.325 e. The average molecular weight is 305 g/mol. The zero-order valence-corrected chi connectivity index (χ0v) is 11.7. The highest BCUT2D eigenvalue weighted by molar-refractivity contribution is 7.89. The van der Waals surface area contributed by atoms with Crippen molar-refractivity contribution < 1.29 is 18.3 Å². The lowest BCUT2D eigenvalue weighted by Gasteiger charge is -2.16. The molecule has 9 nitrogen and oxygen atoms in total. The fourth-order valence-corrected chi connectivity index (χ4v) is 2.73. The van der Waals surface area contributed by atoms with Crippen LogP contribution in [0.25, 0.3) is 0 Å². The van der Waals surface area contributed by atoms with Crippen molar-refractivity contribution in [2.75, 3.05) is 0 Å². The number of rotatable bonds is 6. The third kappa shape index (κ3) is 4.03. The highest BCUT2D eigenvalue weighted by atomic mass is 32.2. The summed E-state index contributed by atoms with van der Waals surface area (Å²) in [5.41, 5.74) is -1.97. The first-order valence-corrected chi connectivity index (χ1v) is 7.19.